The van der Waals surface area contributed by atoms with Crippen molar-refractivity contribution in [3.63, 3.8) is 0 Å². The van der Waals surface area contributed by atoms with Gasteiger partial charge in [0.25, 0.3) is 0 Å². The van der Waals surface area contributed by atoms with Gasteiger partial charge in [0.1, 0.15) is 11.8 Å². The zero-order valence-corrected chi connectivity index (χ0v) is 16.4. The summed E-state index contributed by atoms with van der Waals surface area (Å²) >= 11 is 1.63. The highest BCUT2D eigenvalue weighted by Crippen LogP contribution is 2.30. The van der Waals surface area contributed by atoms with Gasteiger partial charge in [0, 0.05) is 12.1 Å². The molecule has 2 atom stereocenters. The standard InChI is InChI=1S/C17H24BN5O4S/c1-28-6-5-14(23-9-13(8-19)21-22-23)17(25)20-15-7-11-3-2-4-12(10-24)16(11)27-18(15)26/h2-4,9,14-15,24,26H,5-8,10,19H2,1H3,(H,20,25)/t14-,15-/m0/s1. The van der Waals surface area contributed by atoms with Gasteiger partial charge in [-0.1, -0.05) is 23.4 Å². The van der Waals surface area contributed by atoms with E-state index in [1.54, 1.807) is 24.0 Å². The maximum Gasteiger partial charge on any atom is 0.547 e. The highest BCUT2D eigenvalue weighted by atomic mass is 32.2. The second-order valence-electron chi connectivity index (χ2n) is 6.58. The number of rotatable bonds is 8. The molecule has 3 rings (SSSR count). The normalized spacial score (nSPS) is 17.0. The van der Waals surface area contributed by atoms with Crippen molar-refractivity contribution in [1.82, 2.24) is 20.3 Å². The molecule has 1 amide bonds. The van der Waals surface area contributed by atoms with Crippen LogP contribution >= 0.6 is 11.8 Å². The van der Waals surface area contributed by atoms with E-state index in [1.807, 2.05) is 18.4 Å². The second kappa shape index (κ2) is 9.42. The third kappa shape index (κ3) is 4.49. The lowest BCUT2D eigenvalue weighted by molar-refractivity contribution is -0.125. The zero-order valence-electron chi connectivity index (χ0n) is 15.6. The molecule has 9 nitrogen and oxygen atoms in total. The van der Waals surface area contributed by atoms with E-state index < -0.39 is 19.1 Å². The number of carbonyl (C=O) groups is 1. The van der Waals surface area contributed by atoms with Gasteiger partial charge in [0.2, 0.25) is 5.91 Å². The van der Waals surface area contributed by atoms with Gasteiger partial charge in [-0.3, -0.25) is 4.79 Å². The van der Waals surface area contributed by atoms with Crippen molar-refractivity contribution in [2.45, 2.75) is 38.0 Å². The van der Waals surface area contributed by atoms with E-state index in [1.165, 1.54) is 4.68 Å². The van der Waals surface area contributed by atoms with Gasteiger partial charge < -0.3 is 25.8 Å². The summed E-state index contributed by atoms with van der Waals surface area (Å²) in [6.07, 6.45) is 4.60. The lowest BCUT2D eigenvalue weighted by Crippen LogP contribution is -2.54. The average Bonchev–Trinajstić information content (AvgIpc) is 3.17. The Balaban J connectivity index is 1.75. The van der Waals surface area contributed by atoms with Crippen molar-refractivity contribution >= 4 is 24.8 Å². The SMILES string of the molecule is CSCC[C@@H](C(=O)N[C@H]1Cc2cccc(CO)c2OB1O)n1cc(CN)nn1. The van der Waals surface area contributed by atoms with Gasteiger partial charge in [0.15, 0.2) is 0 Å². The number of fused-ring (bicyclic) bond motifs is 1. The Morgan fingerprint density at radius 2 is 2.39 bits per heavy atom. The third-order valence-electron chi connectivity index (χ3n) is 4.68. The number of hydrogen-bond acceptors (Lipinski definition) is 8. The first-order valence-electron chi connectivity index (χ1n) is 9.03. The number of nitrogens with zero attached hydrogens (tertiary/aromatic N) is 3. The van der Waals surface area contributed by atoms with Crippen molar-refractivity contribution in [1.29, 1.82) is 0 Å². The Labute approximate surface area is 167 Å². The molecule has 150 valence electrons. The first kappa shape index (κ1) is 20.7. The highest BCUT2D eigenvalue weighted by molar-refractivity contribution is 7.98. The molecule has 2 aromatic rings. The van der Waals surface area contributed by atoms with E-state index in [-0.39, 0.29) is 19.1 Å². The minimum atomic E-state index is -1.21. The van der Waals surface area contributed by atoms with Crippen molar-refractivity contribution in [3.8, 4) is 5.75 Å². The van der Waals surface area contributed by atoms with E-state index >= 15 is 0 Å². The molecule has 2 heterocycles. The van der Waals surface area contributed by atoms with Gasteiger partial charge in [-0.25, -0.2) is 4.68 Å². The fourth-order valence-corrected chi connectivity index (χ4v) is 3.65. The monoisotopic (exact) mass is 405 g/mol. The molecule has 1 aliphatic rings. The van der Waals surface area contributed by atoms with Crippen LogP contribution in [0.5, 0.6) is 5.75 Å². The summed E-state index contributed by atoms with van der Waals surface area (Å²) in [6, 6.07) is 4.85. The molecule has 0 saturated carbocycles. The number of nitrogens with two attached hydrogens (primary N) is 1. The number of hydrogen-bond donors (Lipinski definition) is 4. The molecule has 5 N–H and O–H groups in total. The minimum absolute atomic E-state index is 0.181. The summed E-state index contributed by atoms with van der Waals surface area (Å²) in [5.41, 5.74) is 7.63. The number of aliphatic hydroxyl groups is 1. The molecule has 0 bridgehead atoms. The minimum Gasteiger partial charge on any atom is -0.534 e. The fraction of sp³-hybridized carbons (Fsp3) is 0.471. The molecule has 0 saturated heterocycles. The van der Waals surface area contributed by atoms with Crippen molar-refractivity contribution in [2.24, 2.45) is 5.73 Å². The largest absolute Gasteiger partial charge is 0.547 e. The summed E-state index contributed by atoms with van der Waals surface area (Å²) < 4.78 is 7.10. The van der Waals surface area contributed by atoms with Crippen molar-refractivity contribution in [3.05, 3.63) is 41.2 Å². The lowest BCUT2D eigenvalue weighted by Gasteiger charge is -2.30. The molecule has 0 unspecified atom stereocenters. The first-order valence-corrected chi connectivity index (χ1v) is 10.4. The lowest BCUT2D eigenvalue weighted by atomic mass is 9.72. The Bertz CT molecular complexity index is 821. The maximum absolute atomic E-state index is 12.9. The van der Waals surface area contributed by atoms with Crippen LogP contribution in [0.25, 0.3) is 0 Å². The summed E-state index contributed by atoms with van der Waals surface area (Å²) in [7, 11) is -1.21. The summed E-state index contributed by atoms with van der Waals surface area (Å²) in [5, 5.41) is 30.7. The summed E-state index contributed by atoms with van der Waals surface area (Å²) in [6.45, 7) is 0.0650. The molecule has 28 heavy (non-hydrogen) atoms. The Kier molecular flexibility index (Phi) is 6.95. The quantitative estimate of drug-likeness (QED) is 0.438. The molecule has 1 aliphatic heterocycles. The van der Waals surface area contributed by atoms with Gasteiger partial charge in [0.05, 0.1) is 24.4 Å². The first-order chi connectivity index (χ1) is 13.6. The molecular weight excluding hydrogens is 381 g/mol. The molecule has 1 aromatic carbocycles. The van der Waals surface area contributed by atoms with Gasteiger partial charge in [-0.2, -0.15) is 11.8 Å². The van der Waals surface area contributed by atoms with Crippen molar-refractivity contribution in [2.75, 3.05) is 12.0 Å². The van der Waals surface area contributed by atoms with Crippen LogP contribution in [0.4, 0.5) is 0 Å². The third-order valence-corrected chi connectivity index (χ3v) is 5.33. The van der Waals surface area contributed by atoms with Crippen LogP contribution in [0.15, 0.2) is 24.4 Å². The van der Waals surface area contributed by atoms with Crippen LogP contribution in [-0.4, -0.2) is 56.1 Å². The molecule has 1 aromatic heterocycles. The van der Waals surface area contributed by atoms with Crippen LogP contribution in [-0.2, 0) is 24.4 Å². The van der Waals surface area contributed by atoms with E-state index in [0.717, 1.165) is 11.3 Å². The number of aromatic nitrogens is 3. The van der Waals surface area contributed by atoms with Crippen LogP contribution < -0.4 is 15.7 Å². The van der Waals surface area contributed by atoms with Crippen LogP contribution in [0, 0.1) is 0 Å². The highest BCUT2D eigenvalue weighted by Gasteiger charge is 2.38. The zero-order chi connectivity index (χ0) is 20.1. The number of thioether (sulfide) groups is 1. The Morgan fingerprint density at radius 1 is 1.57 bits per heavy atom. The predicted molar refractivity (Wildman–Crippen MR) is 107 cm³/mol. The van der Waals surface area contributed by atoms with Gasteiger partial charge >= 0.3 is 7.12 Å². The number of benzene rings is 1. The van der Waals surface area contributed by atoms with E-state index in [2.05, 4.69) is 15.6 Å². The van der Waals surface area contributed by atoms with Gasteiger partial charge in [-0.05, 0) is 30.4 Å². The molecular formula is C17H24BN5O4S. The van der Waals surface area contributed by atoms with E-state index in [0.29, 0.717) is 29.8 Å². The van der Waals surface area contributed by atoms with Crippen LogP contribution in [0.3, 0.4) is 0 Å². The topological polar surface area (TPSA) is 136 Å². The van der Waals surface area contributed by atoms with E-state index in [9.17, 15) is 14.9 Å². The van der Waals surface area contributed by atoms with Crippen LogP contribution in [0.1, 0.15) is 29.3 Å². The number of nitrogens with one attached hydrogen (secondary N) is 1. The fourth-order valence-electron chi connectivity index (χ4n) is 3.19. The predicted octanol–water partition coefficient (Wildman–Crippen LogP) is -0.337. The average molecular weight is 405 g/mol. The number of aliphatic hydroxyl groups excluding tert-OH is 1. The van der Waals surface area contributed by atoms with Crippen molar-refractivity contribution < 1.29 is 19.6 Å². The summed E-state index contributed by atoms with van der Waals surface area (Å²) in [5.74, 6) is 0.369. The Morgan fingerprint density at radius 3 is 3.07 bits per heavy atom. The number of carbonyl (C=O) groups excluding carboxylic acids is 1. The molecule has 0 spiro atoms. The Hall–Kier alpha value is -2.08. The molecule has 11 heteroatoms. The smallest absolute Gasteiger partial charge is 0.534 e. The number of amides is 1. The molecule has 0 fully saturated rings. The van der Waals surface area contributed by atoms with Gasteiger partial charge in [-0.15, -0.1) is 5.10 Å². The second-order valence-corrected chi connectivity index (χ2v) is 7.57. The van der Waals surface area contributed by atoms with E-state index in [4.69, 9.17) is 10.4 Å². The molecule has 0 aliphatic carbocycles. The number of para-hydroxylation sites is 1. The summed E-state index contributed by atoms with van der Waals surface area (Å²) in [4.78, 5) is 12.9. The maximum atomic E-state index is 12.9. The van der Waals surface area contributed by atoms with Crippen LogP contribution in [0.2, 0.25) is 0 Å². The molecule has 0 radical (unpaired) electrons.